The number of nitrogens with zero attached hydrogens (tertiary/aromatic N) is 1. The van der Waals surface area contributed by atoms with Crippen molar-refractivity contribution in [2.45, 2.75) is 45.4 Å². The van der Waals surface area contributed by atoms with Gasteiger partial charge < -0.3 is 16.0 Å². The van der Waals surface area contributed by atoms with Crippen LogP contribution in [-0.4, -0.2) is 43.5 Å². The van der Waals surface area contributed by atoms with Crippen molar-refractivity contribution in [1.29, 1.82) is 0 Å². The maximum absolute atomic E-state index is 11.3. The minimum absolute atomic E-state index is 0. The molecule has 0 spiro atoms. The Morgan fingerprint density at radius 3 is 2.45 bits per heavy atom. The number of likely N-dealkylation sites (tertiary alicyclic amines) is 1. The molecule has 122 valence electrons. The van der Waals surface area contributed by atoms with E-state index in [0.29, 0.717) is 13.0 Å². The molecule has 1 aliphatic rings. The van der Waals surface area contributed by atoms with Crippen molar-refractivity contribution in [3.8, 4) is 0 Å². The van der Waals surface area contributed by atoms with Gasteiger partial charge in [-0.15, -0.1) is 24.8 Å². The maximum atomic E-state index is 11.3. The standard InChI is InChI=1S/C14H29N3O.2ClH/c1-13-6-11-17(12-7-13)10-3-2-9-16-14(18)5-4-8-15;;/h13H,2-12,15H2,1H3,(H,16,18);2*1H. The Bertz CT molecular complexity index is 234. The second-order valence-electron chi connectivity index (χ2n) is 5.47. The Morgan fingerprint density at radius 1 is 1.20 bits per heavy atom. The Morgan fingerprint density at radius 2 is 1.85 bits per heavy atom. The van der Waals surface area contributed by atoms with E-state index in [-0.39, 0.29) is 30.7 Å². The third-order valence-corrected chi connectivity index (χ3v) is 3.71. The van der Waals surface area contributed by atoms with E-state index in [0.717, 1.165) is 25.3 Å². The molecule has 0 saturated carbocycles. The predicted octanol–water partition coefficient (Wildman–Crippen LogP) is 2.20. The summed E-state index contributed by atoms with van der Waals surface area (Å²) in [6.45, 7) is 7.45. The molecule has 0 aliphatic carbocycles. The lowest BCUT2D eigenvalue weighted by Crippen LogP contribution is -2.34. The number of nitrogens with two attached hydrogens (primary N) is 1. The third-order valence-electron chi connectivity index (χ3n) is 3.71. The zero-order chi connectivity index (χ0) is 13.2. The molecule has 1 rings (SSSR count). The van der Waals surface area contributed by atoms with Gasteiger partial charge in [0, 0.05) is 13.0 Å². The Balaban J connectivity index is 0. The van der Waals surface area contributed by atoms with Gasteiger partial charge in [-0.05, 0) is 64.2 Å². The highest BCUT2D eigenvalue weighted by atomic mass is 35.5. The Kier molecular flexibility index (Phi) is 15.5. The van der Waals surface area contributed by atoms with Crippen LogP contribution in [0.15, 0.2) is 0 Å². The molecule has 0 bridgehead atoms. The van der Waals surface area contributed by atoms with E-state index in [9.17, 15) is 4.79 Å². The average Bonchev–Trinajstić information content (AvgIpc) is 2.38. The number of amides is 1. The number of hydrogen-bond acceptors (Lipinski definition) is 3. The molecular weight excluding hydrogens is 297 g/mol. The topological polar surface area (TPSA) is 58.4 Å². The minimum atomic E-state index is 0. The molecule has 1 amide bonds. The summed E-state index contributed by atoms with van der Waals surface area (Å²) in [5.74, 6) is 1.05. The first-order valence-corrected chi connectivity index (χ1v) is 7.41. The van der Waals surface area contributed by atoms with E-state index in [4.69, 9.17) is 5.73 Å². The van der Waals surface area contributed by atoms with E-state index in [1.165, 1.54) is 38.9 Å². The molecule has 0 atom stereocenters. The van der Waals surface area contributed by atoms with Crippen LogP contribution in [0.2, 0.25) is 0 Å². The number of rotatable bonds is 8. The highest BCUT2D eigenvalue weighted by molar-refractivity contribution is 5.85. The summed E-state index contributed by atoms with van der Waals surface area (Å²) in [7, 11) is 0. The number of piperidine rings is 1. The lowest BCUT2D eigenvalue weighted by molar-refractivity contribution is -0.121. The summed E-state index contributed by atoms with van der Waals surface area (Å²) < 4.78 is 0. The highest BCUT2D eigenvalue weighted by Gasteiger charge is 2.14. The lowest BCUT2D eigenvalue weighted by Gasteiger charge is -2.30. The molecule has 4 nitrogen and oxygen atoms in total. The van der Waals surface area contributed by atoms with E-state index >= 15 is 0 Å². The molecule has 6 heteroatoms. The van der Waals surface area contributed by atoms with Crippen molar-refractivity contribution >= 4 is 30.7 Å². The van der Waals surface area contributed by atoms with Gasteiger partial charge in [-0.1, -0.05) is 6.92 Å². The van der Waals surface area contributed by atoms with Crippen LogP contribution in [0.1, 0.15) is 45.4 Å². The van der Waals surface area contributed by atoms with Gasteiger partial charge in [0.25, 0.3) is 0 Å². The van der Waals surface area contributed by atoms with E-state index in [1.807, 2.05) is 0 Å². The zero-order valence-electron chi connectivity index (χ0n) is 12.6. The van der Waals surface area contributed by atoms with Gasteiger partial charge in [-0.3, -0.25) is 4.79 Å². The van der Waals surface area contributed by atoms with Gasteiger partial charge in [0.05, 0.1) is 0 Å². The van der Waals surface area contributed by atoms with Gasteiger partial charge >= 0.3 is 0 Å². The smallest absolute Gasteiger partial charge is 0.220 e. The number of hydrogen-bond donors (Lipinski definition) is 2. The summed E-state index contributed by atoms with van der Waals surface area (Å²) in [6, 6.07) is 0. The van der Waals surface area contributed by atoms with Crippen LogP contribution in [0.4, 0.5) is 0 Å². The molecule has 0 aromatic heterocycles. The van der Waals surface area contributed by atoms with Crippen LogP contribution in [0, 0.1) is 5.92 Å². The lowest BCUT2D eigenvalue weighted by atomic mass is 9.99. The molecule has 0 aromatic rings. The number of carbonyl (C=O) groups excluding carboxylic acids is 1. The molecular formula is C14H31Cl2N3O. The van der Waals surface area contributed by atoms with Crippen molar-refractivity contribution in [2.24, 2.45) is 11.7 Å². The second-order valence-corrected chi connectivity index (χ2v) is 5.47. The van der Waals surface area contributed by atoms with E-state index in [1.54, 1.807) is 0 Å². The van der Waals surface area contributed by atoms with Crippen molar-refractivity contribution in [3.05, 3.63) is 0 Å². The summed E-state index contributed by atoms with van der Waals surface area (Å²) in [4.78, 5) is 13.9. The molecule has 1 fully saturated rings. The first kappa shape index (κ1) is 22.3. The van der Waals surface area contributed by atoms with Gasteiger partial charge in [0.1, 0.15) is 0 Å². The van der Waals surface area contributed by atoms with Gasteiger partial charge in [-0.25, -0.2) is 0 Å². The molecule has 1 aliphatic heterocycles. The van der Waals surface area contributed by atoms with Crippen molar-refractivity contribution < 1.29 is 4.79 Å². The van der Waals surface area contributed by atoms with Crippen LogP contribution in [0.25, 0.3) is 0 Å². The highest BCUT2D eigenvalue weighted by Crippen LogP contribution is 2.15. The number of halogens is 2. The average molecular weight is 328 g/mol. The fraction of sp³-hybridized carbons (Fsp3) is 0.929. The number of nitrogens with one attached hydrogen (secondary N) is 1. The van der Waals surface area contributed by atoms with Crippen molar-refractivity contribution in [2.75, 3.05) is 32.7 Å². The van der Waals surface area contributed by atoms with Crippen LogP contribution in [0.3, 0.4) is 0 Å². The van der Waals surface area contributed by atoms with Crippen molar-refractivity contribution in [1.82, 2.24) is 10.2 Å². The summed E-state index contributed by atoms with van der Waals surface area (Å²) >= 11 is 0. The monoisotopic (exact) mass is 327 g/mol. The Hall–Kier alpha value is -0.0300. The quantitative estimate of drug-likeness (QED) is 0.672. The minimum Gasteiger partial charge on any atom is -0.356 e. The van der Waals surface area contributed by atoms with Gasteiger partial charge in [0.2, 0.25) is 5.91 Å². The molecule has 0 unspecified atom stereocenters. The molecule has 1 heterocycles. The van der Waals surface area contributed by atoms with Gasteiger partial charge in [0.15, 0.2) is 0 Å². The van der Waals surface area contributed by atoms with E-state index in [2.05, 4.69) is 17.1 Å². The first-order chi connectivity index (χ1) is 8.72. The van der Waals surface area contributed by atoms with Crippen LogP contribution in [-0.2, 0) is 4.79 Å². The molecule has 20 heavy (non-hydrogen) atoms. The third kappa shape index (κ3) is 10.7. The summed E-state index contributed by atoms with van der Waals surface area (Å²) in [5.41, 5.74) is 5.36. The maximum Gasteiger partial charge on any atom is 0.220 e. The normalized spacial score (nSPS) is 16.1. The number of unbranched alkanes of at least 4 members (excludes halogenated alkanes) is 1. The first-order valence-electron chi connectivity index (χ1n) is 7.41. The number of carbonyl (C=O) groups is 1. The molecule has 1 saturated heterocycles. The SMILES string of the molecule is CC1CCN(CCCCNC(=O)CCCN)CC1.Cl.Cl. The van der Waals surface area contributed by atoms with Gasteiger partial charge in [-0.2, -0.15) is 0 Å². The summed E-state index contributed by atoms with van der Waals surface area (Å²) in [5, 5.41) is 2.95. The molecule has 0 radical (unpaired) electrons. The summed E-state index contributed by atoms with van der Waals surface area (Å²) in [6.07, 6.45) is 6.32. The predicted molar refractivity (Wildman–Crippen MR) is 89.9 cm³/mol. The van der Waals surface area contributed by atoms with Crippen LogP contribution < -0.4 is 11.1 Å². The van der Waals surface area contributed by atoms with E-state index < -0.39 is 0 Å². The molecule has 3 N–H and O–H groups in total. The zero-order valence-corrected chi connectivity index (χ0v) is 14.2. The van der Waals surface area contributed by atoms with Crippen LogP contribution in [0.5, 0.6) is 0 Å². The van der Waals surface area contributed by atoms with Crippen molar-refractivity contribution in [3.63, 3.8) is 0 Å². The Labute approximate surface area is 136 Å². The molecule has 0 aromatic carbocycles. The fourth-order valence-corrected chi connectivity index (χ4v) is 2.32. The second kappa shape index (κ2) is 13.9. The fourth-order valence-electron chi connectivity index (χ4n) is 2.32. The van der Waals surface area contributed by atoms with Crippen LogP contribution >= 0.6 is 24.8 Å². The largest absolute Gasteiger partial charge is 0.356 e.